The number of methoxy groups -OCH3 is 1. The molecule has 250 valence electrons. The van der Waals surface area contributed by atoms with Gasteiger partial charge in [0.15, 0.2) is 23.1 Å². The van der Waals surface area contributed by atoms with E-state index in [9.17, 15) is 9.59 Å². The standard InChI is InChI=1S/C35H41N3O9/c1-34(2,3)47-30(40)15-16-35(33(41)38-36-21-23-9-14-28-29(19-23)45-22-44-28)31(25-7-5-8-27(20-25)42-4)46-32(37-35)24-10-12-26(13-11-24)43-18-6-17-39/h5,7-14,19-20,31,36,39H,6,15-18,21-22H2,1-4H3,(H,38,41)/t31-,35-/m0/s1. The number of carbonyl (C=O) groups is 2. The highest BCUT2D eigenvalue weighted by Crippen LogP contribution is 2.44. The van der Waals surface area contributed by atoms with E-state index in [2.05, 4.69) is 10.9 Å². The quantitative estimate of drug-likeness (QED) is 0.131. The van der Waals surface area contributed by atoms with Gasteiger partial charge >= 0.3 is 5.97 Å². The first kappa shape index (κ1) is 33.6. The highest BCUT2D eigenvalue weighted by molar-refractivity contribution is 6.01. The third-order valence-corrected chi connectivity index (χ3v) is 7.49. The Labute approximate surface area is 274 Å². The maximum atomic E-state index is 14.3. The van der Waals surface area contributed by atoms with Gasteiger partial charge in [-0.15, -0.1) is 0 Å². The Morgan fingerprint density at radius 1 is 1.02 bits per heavy atom. The van der Waals surface area contributed by atoms with Crippen LogP contribution in [0.2, 0.25) is 0 Å². The average Bonchev–Trinajstić information content (AvgIpc) is 3.69. The number of hydrogen-bond donors (Lipinski definition) is 3. The van der Waals surface area contributed by atoms with Crippen LogP contribution in [-0.2, 0) is 25.6 Å². The van der Waals surface area contributed by atoms with Crippen molar-refractivity contribution in [2.45, 2.75) is 63.8 Å². The lowest BCUT2D eigenvalue weighted by Gasteiger charge is -2.31. The van der Waals surface area contributed by atoms with Gasteiger partial charge in [-0.25, -0.2) is 10.4 Å². The number of nitrogens with zero attached hydrogens (tertiary/aromatic N) is 1. The molecule has 0 saturated heterocycles. The molecule has 2 aliphatic rings. The molecule has 3 aromatic rings. The van der Waals surface area contributed by atoms with Crippen molar-refractivity contribution in [3.63, 3.8) is 0 Å². The second-order valence-electron chi connectivity index (χ2n) is 12.1. The zero-order valence-electron chi connectivity index (χ0n) is 27.0. The van der Waals surface area contributed by atoms with Crippen molar-refractivity contribution < 1.29 is 43.1 Å². The SMILES string of the molecule is COc1cccc([C@@H]2OC(c3ccc(OCCCO)cc3)=N[C@]2(CCC(=O)OC(C)(C)C)C(=O)NNCc2ccc3c(c2)OCO3)c1. The number of hydrazine groups is 1. The summed E-state index contributed by atoms with van der Waals surface area (Å²) in [4.78, 5) is 32.2. The minimum Gasteiger partial charge on any atom is -0.497 e. The predicted octanol–water partition coefficient (Wildman–Crippen LogP) is 4.38. The summed E-state index contributed by atoms with van der Waals surface area (Å²) in [5.74, 6) is 1.76. The van der Waals surface area contributed by atoms with Crippen LogP contribution in [0.4, 0.5) is 0 Å². The number of aliphatic imine (C=N–C) groups is 1. The van der Waals surface area contributed by atoms with Crippen molar-refractivity contribution in [2.75, 3.05) is 27.1 Å². The molecule has 3 aromatic carbocycles. The van der Waals surface area contributed by atoms with Crippen molar-refractivity contribution in [1.29, 1.82) is 0 Å². The number of esters is 1. The van der Waals surface area contributed by atoms with E-state index >= 15 is 0 Å². The third-order valence-electron chi connectivity index (χ3n) is 7.49. The molecule has 2 atom stereocenters. The largest absolute Gasteiger partial charge is 0.497 e. The lowest BCUT2D eigenvalue weighted by molar-refractivity contribution is -0.155. The van der Waals surface area contributed by atoms with Gasteiger partial charge in [-0.2, -0.15) is 0 Å². The molecular formula is C35H41N3O9. The lowest BCUT2D eigenvalue weighted by Crippen LogP contribution is -2.52. The molecule has 12 nitrogen and oxygen atoms in total. The van der Waals surface area contributed by atoms with Crippen molar-refractivity contribution in [3.05, 3.63) is 83.4 Å². The van der Waals surface area contributed by atoms with Gasteiger partial charge in [0, 0.05) is 31.6 Å². The molecular weight excluding hydrogens is 606 g/mol. The summed E-state index contributed by atoms with van der Waals surface area (Å²) < 4.78 is 34.1. The number of ether oxygens (including phenoxy) is 6. The topological polar surface area (TPSA) is 146 Å². The van der Waals surface area contributed by atoms with Gasteiger partial charge in [0.05, 0.1) is 13.7 Å². The maximum Gasteiger partial charge on any atom is 0.306 e. The summed E-state index contributed by atoms with van der Waals surface area (Å²) in [6.45, 7) is 6.22. The van der Waals surface area contributed by atoms with E-state index in [1.807, 2.05) is 30.3 Å². The van der Waals surface area contributed by atoms with E-state index in [-0.39, 0.29) is 38.7 Å². The fraction of sp³-hybridized carbons (Fsp3) is 0.400. The average molecular weight is 648 g/mol. The number of rotatable bonds is 14. The van der Waals surface area contributed by atoms with Gasteiger partial charge in [-0.05, 0) is 86.8 Å². The van der Waals surface area contributed by atoms with Crippen LogP contribution >= 0.6 is 0 Å². The molecule has 2 aliphatic heterocycles. The monoisotopic (exact) mass is 647 g/mol. The summed E-state index contributed by atoms with van der Waals surface area (Å²) in [5.41, 5.74) is 5.67. The Morgan fingerprint density at radius 2 is 1.81 bits per heavy atom. The van der Waals surface area contributed by atoms with Crippen molar-refractivity contribution in [3.8, 4) is 23.0 Å². The molecule has 0 bridgehead atoms. The smallest absolute Gasteiger partial charge is 0.306 e. The van der Waals surface area contributed by atoms with Crippen LogP contribution in [0.15, 0.2) is 71.7 Å². The number of aliphatic hydroxyl groups excluding tert-OH is 1. The van der Waals surface area contributed by atoms with Crippen LogP contribution in [-0.4, -0.2) is 61.1 Å². The minimum absolute atomic E-state index is 0.00676. The zero-order chi connectivity index (χ0) is 33.4. The van der Waals surface area contributed by atoms with Gasteiger partial charge in [0.25, 0.3) is 5.91 Å². The second-order valence-corrected chi connectivity index (χ2v) is 12.1. The zero-order valence-corrected chi connectivity index (χ0v) is 27.0. The molecule has 0 spiro atoms. The van der Waals surface area contributed by atoms with E-state index in [4.69, 9.17) is 38.5 Å². The van der Waals surface area contributed by atoms with E-state index < -0.39 is 29.1 Å². The molecule has 2 heterocycles. The molecule has 0 aliphatic carbocycles. The summed E-state index contributed by atoms with van der Waals surface area (Å²) >= 11 is 0. The summed E-state index contributed by atoms with van der Waals surface area (Å²) in [6, 6.07) is 19.9. The molecule has 0 unspecified atom stereocenters. The molecule has 5 rings (SSSR count). The normalized spacial score (nSPS) is 18.2. The predicted molar refractivity (Wildman–Crippen MR) is 172 cm³/mol. The summed E-state index contributed by atoms with van der Waals surface area (Å²) in [7, 11) is 1.56. The van der Waals surface area contributed by atoms with Crippen molar-refractivity contribution in [1.82, 2.24) is 10.9 Å². The fourth-order valence-electron chi connectivity index (χ4n) is 5.25. The van der Waals surface area contributed by atoms with Gasteiger partial charge < -0.3 is 33.5 Å². The van der Waals surface area contributed by atoms with Crippen molar-refractivity contribution in [2.24, 2.45) is 4.99 Å². The Balaban J connectivity index is 1.46. The van der Waals surface area contributed by atoms with Crippen LogP contribution < -0.4 is 29.8 Å². The lowest BCUT2D eigenvalue weighted by atomic mass is 9.83. The van der Waals surface area contributed by atoms with Crippen molar-refractivity contribution >= 4 is 17.8 Å². The van der Waals surface area contributed by atoms with Crippen LogP contribution in [0.5, 0.6) is 23.0 Å². The minimum atomic E-state index is -1.57. The first-order valence-electron chi connectivity index (χ1n) is 15.5. The van der Waals surface area contributed by atoms with E-state index in [1.54, 1.807) is 64.3 Å². The van der Waals surface area contributed by atoms with Gasteiger partial charge in [0.1, 0.15) is 17.1 Å². The summed E-state index contributed by atoms with van der Waals surface area (Å²) in [6.07, 6.45) is -0.501. The molecule has 0 fully saturated rings. The molecule has 0 radical (unpaired) electrons. The van der Waals surface area contributed by atoms with Crippen LogP contribution in [0.25, 0.3) is 0 Å². The first-order valence-corrected chi connectivity index (χ1v) is 15.5. The second kappa shape index (κ2) is 14.7. The molecule has 1 amide bonds. The maximum absolute atomic E-state index is 14.3. The molecule has 3 N–H and O–H groups in total. The Morgan fingerprint density at radius 3 is 2.55 bits per heavy atom. The van der Waals surface area contributed by atoms with Crippen LogP contribution in [0, 0.1) is 0 Å². The first-order chi connectivity index (χ1) is 22.6. The number of hydrogen-bond acceptors (Lipinski definition) is 11. The van der Waals surface area contributed by atoms with E-state index in [0.29, 0.717) is 47.2 Å². The number of nitrogens with one attached hydrogen (secondary N) is 2. The van der Waals surface area contributed by atoms with Crippen LogP contribution in [0.3, 0.4) is 0 Å². The third kappa shape index (κ3) is 8.32. The Hall–Kier alpha value is -4.81. The van der Waals surface area contributed by atoms with Gasteiger partial charge in [0.2, 0.25) is 12.7 Å². The molecule has 0 aromatic heterocycles. The number of amides is 1. The molecule has 0 saturated carbocycles. The Kier molecular flexibility index (Phi) is 10.5. The van der Waals surface area contributed by atoms with Crippen LogP contribution in [0.1, 0.15) is 62.8 Å². The van der Waals surface area contributed by atoms with Gasteiger partial charge in [-0.3, -0.25) is 15.0 Å². The molecule has 12 heteroatoms. The highest BCUT2D eigenvalue weighted by Gasteiger charge is 2.53. The van der Waals surface area contributed by atoms with E-state index in [1.165, 1.54) is 0 Å². The molecule has 47 heavy (non-hydrogen) atoms. The van der Waals surface area contributed by atoms with Gasteiger partial charge in [-0.1, -0.05) is 18.2 Å². The fourth-order valence-corrected chi connectivity index (χ4v) is 5.25. The number of carbonyl (C=O) groups excluding carboxylic acids is 2. The number of benzene rings is 3. The Bertz CT molecular complexity index is 1590. The summed E-state index contributed by atoms with van der Waals surface area (Å²) in [5, 5.41) is 9.06. The van der Waals surface area contributed by atoms with E-state index in [0.717, 1.165) is 5.56 Å². The number of aliphatic hydroxyl groups is 1. The number of fused-ring (bicyclic) bond motifs is 1. The highest BCUT2D eigenvalue weighted by atomic mass is 16.7.